The summed E-state index contributed by atoms with van der Waals surface area (Å²) in [6.45, 7) is 3.34. The molecule has 1 heterocycles. The van der Waals surface area contributed by atoms with Crippen molar-refractivity contribution in [1.29, 1.82) is 0 Å². The molecule has 1 aromatic heterocycles. The lowest BCUT2D eigenvalue weighted by atomic mass is 9.77. The Hall–Kier alpha value is -1.12. The van der Waals surface area contributed by atoms with Gasteiger partial charge in [-0.25, -0.2) is 0 Å². The maximum atomic E-state index is 3.64. The molecule has 1 aromatic carbocycles. The van der Waals surface area contributed by atoms with Gasteiger partial charge < -0.3 is 5.32 Å². The zero-order chi connectivity index (χ0) is 11.7. The first-order valence-electron chi connectivity index (χ1n) is 6.19. The Labute approximate surface area is 106 Å². The number of hydrogen-bond donors (Lipinski definition) is 1. The van der Waals surface area contributed by atoms with E-state index >= 15 is 0 Å². The molecule has 0 bridgehead atoms. The smallest absolute Gasteiger partial charge is 0.0386 e. The first kappa shape index (κ1) is 11.0. The van der Waals surface area contributed by atoms with Crippen molar-refractivity contribution in [3.63, 3.8) is 0 Å². The van der Waals surface area contributed by atoms with E-state index in [0.717, 1.165) is 6.54 Å². The van der Waals surface area contributed by atoms with Crippen molar-refractivity contribution >= 4 is 11.3 Å². The van der Waals surface area contributed by atoms with Gasteiger partial charge in [-0.1, -0.05) is 30.3 Å². The predicted octanol–water partition coefficient (Wildman–Crippen LogP) is 3.74. The predicted molar refractivity (Wildman–Crippen MR) is 73.6 cm³/mol. The van der Waals surface area contributed by atoms with E-state index < -0.39 is 0 Å². The molecule has 1 aliphatic carbocycles. The van der Waals surface area contributed by atoms with Crippen molar-refractivity contribution in [3.05, 3.63) is 57.8 Å². The van der Waals surface area contributed by atoms with Crippen LogP contribution in [0.25, 0.3) is 0 Å². The zero-order valence-corrected chi connectivity index (χ0v) is 10.8. The van der Waals surface area contributed by atoms with Crippen LogP contribution in [-0.4, -0.2) is 6.54 Å². The van der Waals surface area contributed by atoms with Crippen LogP contribution in [0.2, 0.25) is 0 Å². The van der Waals surface area contributed by atoms with Crippen LogP contribution in [-0.2, 0) is 6.42 Å². The van der Waals surface area contributed by atoms with Crippen LogP contribution in [0, 0.1) is 0 Å². The summed E-state index contributed by atoms with van der Waals surface area (Å²) in [5.41, 5.74) is 3.07. The molecule has 0 fully saturated rings. The van der Waals surface area contributed by atoms with Crippen LogP contribution in [0.5, 0.6) is 0 Å². The first-order valence-corrected chi connectivity index (χ1v) is 7.07. The topological polar surface area (TPSA) is 12.0 Å². The van der Waals surface area contributed by atoms with Crippen molar-refractivity contribution in [1.82, 2.24) is 5.32 Å². The van der Waals surface area contributed by atoms with Crippen LogP contribution in [0.3, 0.4) is 0 Å². The molecule has 1 N–H and O–H groups in total. The lowest BCUT2D eigenvalue weighted by Crippen LogP contribution is -2.30. The van der Waals surface area contributed by atoms with E-state index in [1.54, 1.807) is 5.56 Å². The molecular formula is C15H17NS. The fourth-order valence-corrected chi connectivity index (χ4v) is 3.26. The highest BCUT2D eigenvalue weighted by molar-refractivity contribution is 7.10. The molecule has 0 radical (unpaired) electrons. The fraction of sp³-hybridized carbons (Fsp3) is 0.333. The quantitative estimate of drug-likeness (QED) is 0.862. The normalized spacial score (nSPS) is 19.5. The Balaban J connectivity index is 1.57. The summed E-state index contributed by atoms with van der Waals surface area (Å²) >= 11 is 1.83. The minimum Gasteiger partial charge on any atom is -0.309 e. The number of thiophene rings is 1. The number of nitrogens with one attached hydrogen (secondary N) is 1. The molecule has 0 amide bonds. The minimum atomic E-state index is 0.475. The van der Waals surface area contributed by atoms with E-state index in [-0.39, 0.29) is 0 Å². The van der Waals surface area contributed by atoms with Gasteiger partial charge in [0.25, 0.3) is 0 Å². The Morgan fingerprint density at radius 1 is 1.29 bits per heavy atom. The number of benzene rings is 1. The van der Waals surface area contributed by atoms with Gasteiger partial charge in [0.05, 0.1) is 0 Å². The van der Waals surface area contributed by atoms with Gasteiger partial charge in [0.2, 0.25) is 0 Å². The molecule has 0 saturated carbocycles. The Kier molecular flexibility index (Phi) is 3.00. The second-order valence-corrected chi connectivity index (χ2v) is 5.72. The summed E-state index contributed by atoms with van der Waals surface area (Å²) in [5, 5.41) is 5.78. The summed E-state index contributed by atoms with van der Waals surface area (Å²) in [6.07, 6.45) is 1.24. The Morgan fingerprint density at radius 2 is 2.18 bits per heavy atom. The molecule has 2 atom stereocenters. The molecule has 0 spiro atoms. The number of rotatable bonds is 4. The van der Waals surface area contributed by atoms with E-state index in [1.807, 2.05) is 11.3 Å². The molecule has 1 unspecified atom stereocenters. The maximum absolute atomic E-state index is 3.64. The van der Waals surface area contributed by atoms with Gasteiger partial charge in [-0.3, -0.25) is 0 Å². The van der Waals surface area contributed by atoms with E-state index in [9.17, 15) is 0 Å². The maximum Gasteiger partial charge on any atom is 0.0386 e. The number of hydrogen-bond acceptors (Lipinski definition) is 2. The van der Waals surface area contributed by atoms with Crippen molar-refractivity contribution in [2.45, 2.75) is 25.3 Å². The summed E-state index contributed by atoms with van der Waals surface area (Å²) in [5.74, 6) is 0.716. The first-order chi connectivity index (χ1) is 8.34. The van der Waals surface area contributed by atoms with E-state index in [2.05, 4.69) is 54.0 Å². The molecule has 88 valence electrons. The third-order valence-corrected chi connectivity index (χ3v) is 4.66. The van der Waals surface area contributed by atoms with Crippen molar-refractivity contribution in [2.75, 3.05) is 6.54 Å². The van der Waals surface area contributed by atoms with Gasteiger partial charge >= 0.3 is 0 Å². The molecule has 3 rings (SSSR count). The summed E-state index contributed by atoms with van der Waals surface area (Å²) in [6, 6.07) is 13.6. The zero-order valence-electron chi connectivity index (χ0n) is 10.0. The van der Waals surface area contributed by atoms with Gasteiger partial charge in [-0.05, 0) is 35.9 Å². The van der Waals surface area contributed by atoms with Crippen LogP contribution in [0.15, 0.2) is 41.8 Å². The number of fused-ring (bicyclic) bond motifs is 1. The largest absolute Gasteiger partial charge is 0.309 e. The Morgan fingerprint density at radius 3 is 2.94 bits per heavy atom. The minimum absolute atomic E-state index is 0.475. The lowest BCUT2D eigenvalue weighted by molar-refractivity contribution is 0.493. The van der Waals surface area contributed by atoms with Crippen LogP contribution in [0.1, 0.15) is 34.9 Å². The molecule has 17 heavy (non-hydrogen) atoms. The van der Waals surface area contributed by atoms with E-state index in [1.165, 1.54) is 16.9 Å². The second-order valence-electron chi connectivity index (χ2n) is 4.75. The average molecular weight is 243 g/mol. The molecule has 0 saturated heterocycles. The van der Waals surface area contributed by atoms with Gasteiger partial charge in [0, 0.05) is 23.4 Å². The van der Waals surface area contributed by atoms with Crippen molar-refractivity contribution in [3.8, 4) is 0 Å². The molecule has 0 aliphatic heterocycles. The highest BCUT2D eigenvalue weighted by atomic mass is 32.1. The summed E-state index contributed by atoms with van der Waals surface area (Å²) < 4.78 is 0. The molecular weight excluding hydrogens is 226 g/mol. The Bertz CT molecular complexity index is 489. The van der Waals surface area contributed by atoms with Crippen LogP contribution in [0.4, 0.5) is 0 Å². The second kappa shape index (κ2) is 4.63. The molecule has 2 aromatic rings. The molecule has 2 heteroatoms. The lowest BCUT2D eigenvalue weighted by Gasteiger charge is -2.31. The third-order valence-electron chi connectivity index (χ3n) is 3.60. The fourth-order valence-electron chi connectivity index (χ4n) is 2.50. The van der Waals surface area contributed by atoms with Gasteiger partial charge in [0.1, 0.15) is 0 Å². The van der Waals surface area contributed by atoms with Gasteiger partial charge in [-0.15, -0.1) is 11.3 Å². The standard InChI is InChI=1S/C15H17NS/c1-11(15-7-4-8-17-15)16-10-13-9-12-5-2-3-6-14(12)13/h2-8,11,13,16H,9-10H2,1H3/t11-,13?/m0/s1. The van der Waals surface area contributed by atoms with Gasteiger partial charge in [0.15, 0.2) is 0 Å². The van der Waals surface area contributed by atoms with E-state index in [4.69, 9.17) is 0 Å². The van der Waals surface area contributed by atoms with E-state index in [0.29, 0.717) is 12.0 Å². The molecule has 1 nitrogen and oxygen atoms in total. The average Bonchev–Trinajstić information content (AvgIpc) is 2.83. The van der Waals surface area contributed by atoms with Crippen LogP contribution < -0.4 is 5.32 Å². The monoisotopic (exact) mass is 243 g/mol. The van der Waals surface area contributed by atoms with Gasteiger partial charge in [-0.2, -0.15) is 0 Å². The summed E-state index contributed by atoms with van der Waals surface area (Å²) in [4.78, 5) is 1.43. The van der Waals surface area contributed by atoms with Crippen molar-refractivity contribution in [2.24, 2.45) is 0 Å². The van der Waals surface area contributed by atoms with Crippen molar-refractivity contribution < 1.29 is 0 Å². The SMILES string of the molecule is C[C@H](NCC1Cc2ccccc21)c1cccs1. The highest BCUT2D eigenvalue weighted by Crippen LogP contribution is 2.34. The summed E-state index contributed by atoms with van der Waals surface area (Å²) in [7, 11) is 0. The highest BCUT2D eigenvalue weighted by Gasteiger charge is 2.25. The van der Waals surface area contributed by atoms with Crippen LogP contribution >= 0.6 is 11.3 Å². The third kappa shape index (κ3) is 2.15. The molecule has 1 aliphatic rings.